The molecule has 10 heavy (non-hydrogen) atoms. The van der Waals surface area contributed by atoms with Gasteiger partial charge in [0.25, 0.3) is 0 Å². The van der Waals surface area contributed by atoms with Crippen molar-refractivity contribution in [1.82, 2.24) is 4.90 Å². The first-order valence-corrected chi connectivity index (χ1v) is 3.59. The van der Waals surface area contributed by atoms with Gasteiger partial charge in [0.1, 0.15) is 12.1 Å². The molecule has 1 saturated heterocycles. The monoisotopic (exact) mass is 142 g/mol. The molecule has 0 aromatic rings. The van der Waals surface area contributed by atoms with E-state index < -0.39 is 0 Å². The van der Waals surface area contributed by atoms with Gasteiger partial charge in [-0.15, -0.1) is 0 Å². The molecule has 1 heterocycles. The van der Waals surface area contributed by atoms with Crippen LogP contribution < -0.4 is 5.73 Å². The van der Waals surface area contributed by atoms with Crippen LogP contribution in [0.1, 0.15) is 13.3 Å². The van der Waals surface area contributed by atoms with Crippen LogP contribution in [0.25, 0.3) is 0 Å². The average Bonchev–Trinajstić information content (AvgIpc) is 2.34. The molecule has 1 aliphatic heterocycles. The van der Waals surface area contributed by atoms with Crippen LogP contribution in [0.4, 0.5) is 0 Å². The second-order valence-corrected chi connectivity index (χ2v) is 2.89. The van der Waals surface area contributed by atoms with Crippen molar-refractivity contribution in [2.45, 2.75) is 13.3 Å². The molecule has 0 saturated carbocycles. The number of nitrogens with zero attached hydrogens (tertiary/aromatic N) is 1. The van der Waals surface area contributed by atoms with Crippen molar-refractivity contribution in [3.63, 3.8) is 0 Å². The molecule has 0 bridgehead atoms. The molecule has 0 radical (unpaired) electrons. The minimum atomic E-state index is 0.490. The summed E-state index contributed by atoms with van der Waals surface area (Å²) in [6, 6.07) is 0. The fourth-order valence-corrected chi connectivity index (χ4v) is 1.25. The summed E-state index contributed by atoms with van der Waals surface area (Å²) in [4.78, 5) is 1.99. The van der Waals surface area contributed by atoms with E-state index in [0.29, 0.717) is 11.7 Å². The van der Waals surface area contributed by atoms with Gasteiger partial charge in [-0.2, -0.15) is 0 Å². The molecule has 1 aliphatic rings. The summed E-state index contributed by atoms with van der Waals surface area (Å²) in [5, 5.41) is 8.55. The van der Waals surface area contributed by atoms with Crippen molar-refractivity contribution < 1.29 is 5.11 Å². The van der Waals surface area contributed by atoms with Crippen molar-refractivity contribution in [3.8, 4) is 0 Å². The van der Waals surface area contributed by atoms with Crippen molar-refractivity contribution in [1.29, 1.82) is 0 Å². The van der Waals surface area contributed by atoms with Gasteiger partial charge in [-0.1, -0.05) is 6.92 Å². The maximum absolute atomic E-state index is 8.55. The van der Waals surface area contributed by atoms with Crippen LogP contribution in [-0.4, -0.2) is 23.1 Å². The van der Waals surface area contributed by atoms with Crippen LogP contribution >= 0.6 is 0 Å². The lowest BCUT2D eigenvalue weighted by molar-refractivity contribution is 0.369. The van der Waals surface area contributed by atoms with Crippen LogP contribution in [-0.2, 0) is 0 Å². The zero-order chi connectivity index (χ0) is 7.56. The van der Waals surface area contributed by atoms with E-state index in [1.807, 2.05) is 4.90 Å². The molecule has 0 aromatic carbocycles. The predicted molar refractivity (Wildman–Crippen MR) is 40.3 cm³/mol. The van der Waals surface area contributed by atoms with Gasteiger partial charge >= 0.3 is 0 Å². The van der Waals surface area contributed by atoms with Gasteiger partial charge < -0.3 is 15.7 Å². The smallest absolute Gasteiger partial charge is 0.134 e. The van der Waals surface area contributed by atoms with Crippen molar-refractivity contribution >= 4 is 0 Å². The summed E-state index contributed by atoms with van der Waals surface area (Å²) in [5.41, 5.74) is 5.48. The molecular formula is C7H14N2O. The van der Waals surface area contributed by atoms with Crippen LogP contribution in [0.5, 0.6) is 0 Å². The molecule has 1 fully saturated rings. The Labute approximate surface area is 61.1 Å². The number of aliphatic hydroxyl groups excluding tert-OH is 1. The van der Waals surface area contributed by atoms with Gasteiger partial charge in [0.2, 0.25) is 0 Å². The Morgan fingerprint density at radius 3 is 2.90 bits per heavy atom. The molecular weight excluding hydrogens is 128 g/mol. The van der Waals surface area contributed by atoms with Gasteiger partial charge in [0.05, 0.1) is 0 Å². The minimum Gasteiger partial charge on any atom is -0.512 e. The summed E-state index contributed by atoms with van der Waals surface area (Å²) < 4.78 is 0. The Kier molecular flexibility index (Phi) is 2.04. The topological polar surface area (TPSA) is 49.5 Å². The summed E-state index contributed by atoms with van der Waals surface area (Å²) in [5.74, 6) is 1.20. The lowest BCUT2D eigenvalue weighted by atomic mass is 10.2. The Hall–Kier alpha value is -0.860. The molecule has 3 N–H and O–H groups in total. The van der Waals surface area contributed by atoms with Crippen molar-refractivity contribution in [2.75, 3.05) is 13.1 Å². The highest BCUT2D eigenvalue weighted by Crippen LogP contribution is 2.16. The summed E-state index contributed by atoms with van der Waals surface area (Å²) in [7, 11) is 0. The minimum absolute atomic E-state index is 0.490. The number of nitrogens with two attached hydrogens (primary N) is 1. The SMILES string of the molecule is CC1CCN(/C(N)=C/O)C1. The fraction of sp³-hybridized carbons (Fsp3) is 0.714. The van der Waals surface area contributed by atoms with Gasteiger partial charge in [-0.25, -0.2) is 0 Å². The highest BCUT2D eigenvalue weighted by molar-refractivity contribution is 4.93. The highest BCUT2D eigenvalue weighted by Gasteiger charge is 2.18. The third kappa shape index (κ3) is 1.35. The predicted octanol–water partition coefficient (Wildman–Crippen LogP) is 0.644. The van der Waals surface area contributed by atoms with Crippen LogP contribution in [0, 0.1) is 5.92 Å². The first-order chi connectivity index (χ1) is 4.74. The summed E-state index contributed by atoms with van der Waals surface area (Å²) in [6.07, 6.45) is 2.15. The zero-order valence-corrected chi connectivity index (χ0v) is 6.25. The highest BCUT2D eigenvalue weighted by atomic mass is 16.2. The Morgan fingerprint density at radius 1 is 1.80 bits per heavy atom. The molecule has 3 heteroatoms. The number of hydrogen-bond donors (Lipinski definition) is 2. The average molecular weight is 142 g/mol. The van der Waals surface area contributed by atoms with Crippen molar-refractivity contribution in [2.24, 2.45) is 11.7 Å². The van der Waals surface area contributed by atoms with Crippen LogP contribution in [0.3, 0.4) is 0 Å². The largest absolute Gasteiger partial charge is 0.512 e. The van der Waals surface area contributed by atoms with Crippen LogP contribution in [0.15, 0.2) is 12.1 Å². The number of aliphatic hydroxyl groups is 1. The maximum atomic E-state index is 8.55. The number of hydrogen-bond acceptors (Lipinski definition) is 3. The molecule has 58 valence electrons. The normalized spacial score (nSPS) is 27.5. The third-order valence-corrected chi connectivity index (χ3v) is 1.92. The summed E-state index contributed by atoms with van der Waals surface area (Å²) >= 11 is 0. The summed E-state index contributed by atoms with van der Waals surface area (Å²) in [6.45, 7) is 4.14. The lowest BCUT2D eigenvalue weighted by Gasteiger charge is -2.16. The van der Waals surface area contributed by atoms with E-state index in [4.69, 9.17) is 10.8 Å². The Morgan fingerprint density at radius 2 is 2.50 bits per heavy atom. The van der Waals surface area contributed by atoms with E-state index in [2.05, 4.69) is 6.92 Å². The van der Waals surface area contributed by atoms with Gasteiger partial charge in [0.15, 0.2) is 0 Å². The first-order valence-electron chi connectivity index (χ1n) is 3.59. The van der Waals surface area contributed by atoms with Gasteiger partial charge in [-0.3, -0.25) is 0 Å². The maximum Gasteiger partial charge on any atom is 0.134 e. The standard InChI is InChI=1S/C7H14N2O/c1-6-2-3-9(4-6)7(8)5-10/h5-6,10H,2-4,8H2,1H3/b7-5+. The van der Waals surface area contributed by atoms with E-state index >= 15 is 0 Å². The molecule has 1 atom stereocenters. The van der Waals surface area contributed by atoms with Gasteiger partial charge in [0, 0.05) is 13.1 Å². The van der Waals surface area contributed by atoms with Crippen molar-refractivity contribution in [3.05, 3.63) is 12.1 Å². The zero-order valence-electron chi connectivity index (χ0n) is 6.25. The first kappa shape index (κ1) is 7.25. The van der Waals surface area contributed by atoms with Gasteiger partial charge in [-0.05, 0) is 12.3 Å². The Balaban J connectivity index is 2.45. The Bertz CT molecular complexity index is 145. The van der Waals surface area contributed by atoms with E-state index in [1.54, 1.807) is 0 Å². The number of likely N-dealkylation sites (tertiary alicyclic amines) is 1. The molecule has 1 rings (SSSR count). The molecule has 0 aliphatic carbocycles. The van der Waals surface area contributed by atoms with E-state index in [-0.39, 0.29) is 0 Å². The molecule has 0 aromatic heterocycles. The second kappa shape index (κ2) is 2.82. The lowest BCUT2D eigenvalue weighted by Crippen LogP contribution is -2.25. The van der Waals surface area contributed by atoms with E-state index in [9.17, 15) is 0 Å². The fourth-order valence-electron chi connectivity index (χ4n) is 1.25. The molecule has 0 spiro atoms. The molecule has 0 amide bonds. The van der Waals surface area contributed by atoms with E-state index in [1.165, 1.54) is 6.42 Å². The molecule has 3 nitrogen and oxygen atoms in total. The number of rotatable bonds is 1. The second-order valence-electron chi connectivity index (χ2n) is 2.89. The third-order valence-electron chi connectivity index (χ3n) is 1.92. The quantitative estimate of drug-likeness (QED) is 0.528. The van der Waals surface area contributed by atoms with E-state index in [0.717, 1.165) is 19.4 Å². The van der Waals surface area contributed by atoms with Crippen LogP contribution in [0.2, 0.25) is 0 Å². The molecule has 1 unspecified atom stereocenters.